The molecule has 0 saturated carbocycles. The van der Waals surface area contributed by atoms with Crippen LogP contribution in [0.25, 0.3) is 4.85 Å². The quantitative estimate of drug-likeness (QED) is 0.550. The van der Waals surface area contributed by atoms with Crippen molar-refractivity contribution in [2.45, 2.75) is 12.6 Å². The number of aromatic nitrogens is 1. The fraction of sp³-hybridized carbons (Fsp3) is 0.208. The van der Waals surface area contributed by atoms with E-state index in [0.717, 1.165) is 37.6 Å². The third-order valence-corrected chi connectivity index (χ3v) is 5.62. The summed E-state index contributed by atoms with van der Waals surface area (Å²) >= 11 is 6.11. The largest absolute Gasteiger partial charge is 0.346 e. The summed E-state index contributed by atoms with van der Waals surface area (Å²) < 4.78 is 0. The maximum Gasteiger partial charge on any atom is 0.187 e. The summed E-state index contributed by atoms with van der Waals surface area (Å²) in [6, 6.07) is 21.6. The Hall–Kier alpha value is -3.38. The van der Waals surface area contributed by atoms with Gasteiger partial charge in [0.25, 0.3) is 0 Å². The summed E-state index contributed by atoms with van der Waals surface area (Å²) in [6.07, 6.45) is 1.74. The van der Waals surface area contributed by atoms with E-state index in [4.69, 9.17) is 18.2 Å². The summed E-state index contributed by atoms with van der Waals surface area (Å²) in [6.45, 7) is 10.3. The van der Waals surface area contributed by atoms with Gasteiger partial charge in [-0.2, -0.15) is 5.26 Å². The molecular formula is C24H20ClN5. The predicted octanol–water partition coefficient (Wildman–Crippen LogP) is 5.22. The summed E-state index contributed by atoms with van der Waals surface area (Å²) in [5.41, 5.74) is 3.56. The van der Waals surface area contributed by atoms with E-state index >= 15 is 0 Å². The molecule has 4 rings (SSSR count). The van der Waals surface area contributed by atoms with E-state index in [1.807, 2.05) is 54.6 Å². The highest BCUT2D eigenvalue weighted by molar-refractivity contribution is 6.30. The summed E-state index contributed by atoms with van der Waals surface area (Å²) in [4.78, 5) is 12.6. The number of piperazine rings is 1. The highest BCUT2D eigenvalue weighted by Gasteiger charge is 2.30. The minimum absolute atomic E-state index is 0.0560. The van der Waals surface area contributed by atoms with Gasteiger partial charge in [-0.25, -0.2) is 9.83 Å². The Labute approximate surface area is 181 Å². The molecule has 0 radical (unpaired) electrons. The average Bonchev–Trinajstić information content (AvgIpc) is 2.80. The van der Waals surface area contributed by atoms with Crippen molar-refractivity contribution >= 4 is 23.1 Å². The van der Waals surface area contributed by atoms with Gasteiger partial charge in [-0.1, -0.05) is 48.0 Å². The Morgan fingerprint density at radius 3 is 2.57 bits per heavy atom. The van der Waals surface area contributed by atoms with Crippen molar-refractivity contribution in [1.82, 2.24) is 9.88 Å². The third kappa shape index (κ3) is 4.28. The molecule has 30 heavy (non-hydrogen) atoms. The zero-order valence-electron chi connectivity index (χ0n) is 16.4. The van der Waals surface area contributed by atoms with E-state index in [2.05, 4.69) is 25.7 Å². The normalized spacial score (nSPS) is 16.6. The lowest BCUT2D eigenvalue weighted by Gasteiger charge is -2.42. The highest BCUT2D eigenvalue weighted by atomic mass is 35.5. The molecule has 1 fully saturated rings. The van der Waals surface area contributed by atoms with E-state index in [9.17, 15) is 5.26 Å². The Morgan fingerprint density at radius 2 is 1.87 bits per heavy atom. The van der Waals surface area contributed by atoms with Crippen LogP contribution in [0.4, 0.5) is 11.5 Å². The van der Waals surface area contributed by atoms with Crippen molar-refractivity contribution < 1.29 is 0 Å². The topological polar surface area (TPSA) is 47.5 Å². The molecule has 2 heterocycles. The summed E-state index contributed by atoms with van der Waals surface area (Å²) in [5, 5.41) is 10.3. The van der Waals surface area contributed by atoms with Gasteiger partial charge in [0.2, 0.25) is 0 Å². The number of benzene rings is 2. The number of hydrogen-bond acceptors (Lipinski definition) is 4. The molecule has 5 nitrogen and oxygen atoms in total. The first-order chi connectivity index (χ1) is 14.7. The SMILES string of the molecule is [C-]#[N+]c1ccc(CN2CCN(c3ncccc3C#N)[C@H](c3ccc(Cl)cc3)C2)cc1. The predicted molar refractivity (Wildman–Crippen MR) is 118 cm³/mol. The minimum Gasteiger partial charge on any atom is -0.346 e. The number of pyridine rings is 1. The van der Waals surface area contributed by atoms with Gasteiger partial charge >= 0.3 is 0 Å². The molecule has 148 valence electrons. The smallest absolute Gasteiger partial charge is 0.187 e. The molecule has 0 amide bonds. The maximum atomic E-state index is 9.57. The van der Waals surface area contributed by atoms with Crippen LogP contribution < -0.4 is 4.90 Å². The molecule has 0 aliphatic carbocycles. The fourth-order valence-corrected chi connectivity index (χ4v) is 3.98. The lowest BCUT2D eigenvalue weighted by molar-refractivity contribution is 0.215. The fourth-order valence-electron chi connectivity index (χ4n) is 3.85. The zero-order chi connectivity index (χ0) is 20.9. The number of nitriles is 1. The molecule has 0 unspecified atom stereocenters. The van der Waals surface area contributed by atoms with Crippen LogP contribution in [0.1, 0.15) is 22.7 Å². The molecule has 0 bridgehead atoms. The molecule has 1 atom stereocenters. The van der Waals surface area contributed by atoms with Crippen LogP contribution in [-0.2, 0) is 6.54 Å². The van der Waals surface area contributed by atoms with Crippen LogP contribution in [-0.4, -0.2) is 29.5 Å². The van der Waals surface area contributed by atoms with Crippen LogP contribution in [0.15, 0.2) is 66.9 Å². The molecule has 6 heteroatoms. The molecule has 1 saturated heterocycles. The van der Waals surface area contributed by atoms with Crippen LogP contribution in [0.5, 0.6) is 0 Å². The Bertz CT molecular complexity index is 1100. The van der Waals surface area contributed by atoms with Crippen LogP contribution in [0.3, 0.4) is 0 Å². The number of hydrogen-bond donors (Lipinski definition) is 0. The zero-order valence-corrected chi connectivity index (χ0v) is 17.1. The second-order valence-electron chi connectivity index (χ2n) is 7.26. The van der Waals surface area contributed by atoms with Crippen molar-refractivity contribution in [3.63, 3.8) is 0 Å². The first-order valence-electron chi connectivity index (χ1n) is 9.74. The van der Waals surface area contributed by atoms with Crippen molar-refractivity contribution in [2.24, 2.45) is 0 Å². The van der Waals surface area contributed by atoms with Crippen LogP contribution in [0.2, 0.25) is 5.02 Å². The standard InChI is InChI=1S/C24H20ClN5/c1-27-22-10-4-18(5-11-22)16-29-13-14-30(24-20(15-26)3-2-12-28-24)23(17-29)19-6-8-21(25)9-7-19/h2-12,23H,13-14,16-17H2/t23-/m0/s1. The molecule has 0 spiro atoms. The van der Waals surface area contributed by atoms with Gasteiger partial charge in [-0.15, -0.1) is 0 Å². The van der Waals surface area contributed by atoms with Gasteiger partial charge in [0.1, 0.15) is 11.9 Å². The monoisotopic (exact) mass is 413 g/mol. The second-order valence-corrected chi connectivity index (χ2v) is 7.70. The second kappa shape index (κ2) is 8.97. The molecule has 0 N–H and O–H groups in total. The van der Waals surface area contributed by atoms with Crippen molar-refractivity contribution in [2.75, 3.05) is 24.5 Å². The molecule has 3 aromatic rings. The van der Waals surface area contributed by atoms with Crippen molar-refractivity contribution in [1.29, 1.82) is 5.26 Å². The van der Waals surface area contributed by atoms with Gasteiger partial charge in [0, 0.05) is 37.4 Å². The number of halogens is 1. The van der Waals surface area contributed by atoms with Crippen LogP contribution >= 0.6 is 11.6 Å². The van der Waals surface area contributed by atoms with Crippen molar-refractivity contribution in [3.05, 3.63) is 100.0 Å². The first-order valence-corrected chi connectivity index (χ1v) is 10.1. The summed E-state index contributed by atoms with van der Waals surface area (Å²) in [7, 11) is 0. The Kier molecular flexibility index (Phi) is 5.95. The highest BCUT2D eigenvalue weighted by Crippen LogP contribution is 2.32. The molecule has 1 aliphatic heterocycles. The van der Waals surface area contributed by atoms with Crippen molar-refractivity contribution in [3.8, 4) is 6.07 Å². The maximum absolute atomic E-state index is 9.57. The molecule has 2 aromatic carbocycles. The third-order valence-electron chi connectivity index (χ3n) is 5.37. The summed E-state index contributed by atoms with van der Waals surface area (Å²) in [5.74, 6) is 0.723. The van der Waals surface area contributed by atoms with E-state index < -0.39 is 0 Å². The van der Waals surface area contributed by atoms with E-state index in [0.29, 0.717) is 16.3 Å². The number of nitrogens with zero attached hydrogens (tertiary/aromatic N) is 5. The van der Waals surface area contributed by atoms with Gasteiger partial charge in [-0.05, 0) is 35.4 Å². The number of rotatable bonds is 4. The number of anilines is 1. The lowest BCUT2D eigenvalue weighted by atomic mass is 10.0. The van der Waals surface area contributed by atoms with E-state index in [-0.39, 0.29) is 6.04 Å². The van der Waals surface area contributed by atoms with E-state index in [1.165, 1.54) is 5.56 Å². The lowest BCUT2D eigenvalue weighted by Crippen LogP contribution is -2.48. The van der Waals surface area contributed by atoms with Gasteiger partial charge in [-0.3, -0.25) is 4.90 Å². The van der Waals surface area contributed by atoms with Gasteiger partial charge in [0.15, 0.2) is 5.69 Å². The molecule has 1 aliphatic rings. The van der Waals surface area contributed by atoms with E-state index in [1.54, 1.807) is 12.3 Å². The minimum atomic E-state index is 0.0560. The van der Waals surface area contributed by atoms with Crippen LogP contribution in [0, 0.1) is 17.9 Å². The molecular weight excluding hydrogens is 394 g/mol. The first kappa shape index (κ1) is 19.9. The Morgan fingerprint density at radius 1 is 1.10 bits per heavy atom. The van der Waals surface area contributed by atoms with Gasteiger partial charge < -0.3 is 4.90 Å². The Balaban J connectivity index is 1.62. The average molecular weight is 414 g/mol. The molecule has 1 aromatic heterocycles. The van der Waals surface area contributed by atoms with Gasteiger partial charge in [0.05, 0.1) is 18.2 Å².